The third-order valence-corrected chi connectivity index (χ3v) is 3.88. The number of aliphatic hydroxyl groups is 1. The van der Waals surface area contributed by atoms with Gasteiger partial charge in [0.15, 0.2) is 0 Å². The highest BCUT2D eigenvalue weighted by atomic mass is 16.4. The summed E-state index contributed by atoms with van der Waals surface area (Å²) in [7, 11) is 0. The summed E-state index contributed by atoms with van der Waals surface area (Å²) in [6, 6.07) is -0.0269. The third-order valence-electron chi connectivity index (χ3n) is 3.88. The van der Waals surface area contributed by atoms with Gasteiger partial charge in [0.1, 0.15) is 0 Å². The standard InChI is InChI=1S/C13H23N3O4/c17-11-3-1-5-16(9-11)13(20)15-6-2-4-14(7-8-15)10-12(18)19/h11,17H,1-10H2,(H,18,19). The van der Waals surface area contributed by atoms with E-state index in [1.54, 1.807) is 9.80 Å². The minimum Gasteiger partial charge on any atom is -0.480 e. The molecule has 1 atom stereocenters. The van der Waals surface area contributed by atoms with Crippen molar-refractivity contribution in [3.05, 3.63) is 0 Å². The predicted molar refractivity (Wildman–Crippen MR) is 72.5 cm³/mol. The van der Waals surface area contributed by atoms with E-state index < -0.39 is 12.1 Å². The van der Waals surface area contributed by atoms with Crippen molar-refractivity contribution in [2.75, 3.05) is 45.8 Å². The van der Waals surface area contributed by atoms with Crippen LogP contribution in [0.1, 0.15) is 19.3 Å². The number of carbonyl (C=O) groups excluding carboxylic acids is 1. The minimum atomic E-state index is -0.830. The summed E-state index contributed by atoms with van der Waals surface area (Å²) in [6.45, 7) is 3.65. The number of β-amino-alcohol motifs (C(OH)–C–C–N with tert-alkyl or cyclic N) is 1. The molecule has 2 aliphatic heterocycles. The Kier molecular flexibility index (Phi) is 5.19. The Hall–Kier alpha value is -1.34. The minimum absolute atomic E-state index is 0.0269. The average molecular weight is 285 g/mol. The Morgan fingerprint density at radius 2 is 1.75 bits per heavy atom. The van der Waals surface area contributed by atoms with E-state index in [1.165, 1.54) is 0 Å². The summed E-state index contributed by atoms with van der Waals surface area (Å²) in [5.41, 5.74) is 0. The van der Waals surface area contributed by atoms with Gasteiger partial charge in [-0.1, -0.05) is 0 Å². The van der Waals surface area contributed by atoms with Crippen LogP contribution in [0.15, 0.2) is 0 Å². The first kappa shape index (κ1) is 15.1. The number of hydrogen-bond acceptors (Lipinski definition) is 4. The lowest BCUT2D eigenvalue weighted by atomic mass is 10.1. The molecule has 2 fully saturated rings. The number of nitrogens with zero attached hydrogens (tertiary/aromatic N) is 3. The molecule has 7 nitrogen and oxygen atoms in total. The van der Waals surface area contributed by atoms with E-state index in [0.717, 1.165) is 19.3 Å². The quantitative estimate of drug-likeness (QED) is 0.725. The van der Waals surface area contributed by atoms with Crippen molar-refractivity contribution in [1.82, 2.24) is 14.7 Å². The number of urea groups is 1. The maximum atomic E-state index is 12.4. The zero-order chi connectivity index (χ0) is 14.5. The van der Waals surface area contributed by atoms with Gasteiger partial charge in [-0.15, -0.1) is 0 Å². The number of carboxylic acid groups (broad SMARTS) is 1. The van der Waals surface area contributed by atoms with Crippen LogP contribution >= 0.6 is 0 Å². The number of rotatable bonds is 2. The summed E-state index contributed by atoms with van der Waals surface area (Å²) in [4.78, 5) is 28.5. The summed E-state index contributed by atoms with van der Waals surface area (Å²) in [5, 5.41) is 18.4. The van der Waals surface area contributed by atoms with Crippen LogP contribution in [-0.2, 0) is 4.79 Å². The van der Waals surface area contributed by atoms with Crippen LogP contribution in [0.5, 0.6) is 0 Å². The summed E-state index contributed by atoms with van der Waals surface area (Å²) >= 11 is 0. The first-order valence-corrected chi connectivity index (χ1v) is 7.22. The van der Waals surface area contributed by atoms with Crippen LogP contribution in [0.2, 0.25) is 0 Å². The SMILES string of the molecule is O=C(O)CN1CCCN(C(=O)N2CCCC(O)C2)CC1. The van der Waals surface area contributed by atoms with Crippen LogP contribution in [-0.4, -0.2) is 88.8 Å². The Morgan fingerprint density at radius 3 is 2.45 bits per heavy atom. The average Bonchev–Trinajstić information content (AvgIpc) is 2.63. The van der Waals surface area contributed by atoms with Gasteiger partial charge in [-0.05, 0) is 19.3 Å². The van der Waals surface area contributed by atoms with E-state index in [-0.39, 0.29) is 12.6 Å². The van der Waals surface area contributed by atoms with E-state index in [1.807, 2.05) is 4.90 Å². The van der Waals surface area contributed by atoms with E-state index >= 15 is 0 Å². The van der Waals surface area contributed by atoms with Crippen LogP contribution in [0.3, 0.4) is 0 Å². The van der Waals surface area contributed by atoms with Gasteiger partial charge >= 0.3 is 12.0 Å². The second-order valence-electron chi connectivity index (χ2n) is 5.54. The summed E-state index contributed by atoms with van der Waals surface area (Å²) in [6.07, 6.45) is 1.97. The van der Waals surface area contributed by atoms with Gasteiger partial charge in [-0.3, -0.25) is 9.69 Å². The molecule has 1 unspecified atom stereocenters. The van der Waals surface area contributed by atoms with Crippen LogP contribution in [0.4, 0.5) is 4.79 Å². The fourth-order valence-corrected chi connectivity index (χ4v) is 2.84. The number of carbonyl (C=O) groups is 2. The maximum Gasteiger partial charge on any atom is 0.320 e. The van der Waals surface area contributed by atoms with Crippen LogP contribution in [0, 0.1) is 0 Å². The van der Waals surface area contributed by atoms with Gasteiger partial charge in [0.05, 0.1) is 12.6 Å². The largest absolute Gasteiger partial charge is 0.480 e. The monoisotopic (exact) mass is 285 g/mol. The molecular formula is C13H23N3O4. The number of likely N-dealkylation sites (tertiary alicyclic amines) is 1. The Labute approximate surface area is 118 Å². The number of aliphatic hydroxyl groups excluding tert-OH is 1. The lowest BCUT2D eigenvalue weighted by Gasteiger charge is -2.34. The fraction of sp³-hybridized carbons (Fsp3) is 0.846. The van der Waals surface area contributed by atoms with Crippen molar-refractivity contribution in [3.8, 4) is 0 Å². The molecule has 0 saturated carbocycles. The van der Waals surface area contributed by atoms with Gasteiger partial charge in [0.25, 0.3) is 0 Å². The van der Waals surface area contributed by atoms with Crippen LogP contribution in [0.25, 0.3) is 0 Å². The zero-order valence-corrected chi connectivity index (χ0v) is 11.7. The maximum absolute atomic E-state index is 12.4. The highest BCUT2D eigenvalue weighted by Crippen LogP contribution is 2.13. The van der Waals surface area contributed by atoms with Crippen molar-refractivity contribution in [3.63, 3.8) is 0 Å². The number of aliphatic carboxylic acids is 1. The van der Waals surface area contributed by atoms with E-state index in [9.17, 15) is 14.7 Å². The van der Waals surface area contributed by atoms with E-state index in [4.69, 9.17) is 5.11 Å². The van der Waals surface area contributed by atoms with Crippen molar-refractivity contribution in [1.29, 1.82) is 0 Å². The molecule has 0 aliphatic carbocycles. The van der Waals surface area contributed by atoms with Crippen molar-refractivity contribution >= 4 is 12.0 Å². The first-order valence-electron chi connectivity index (χ1n) is 7.22. The molecule has 0 spiro atoms. The Bertz CT molecular complexity index is 364. The third kappa shape index (κ3) is 4.08. The molecule has 2 rings (SSSR count). The Balaban J connectivity index is 1.86. The van der Waals surface area contributed by atoms with Gasteiger partial charge in [0, 0.05) is 39.3 Å². The molecular weight excluding hydrogens is 262 g/mol. The number of hydrogen-bond donors (Lipinski definition) is 2. The first-order chi connectivity index (χ1) is 9.56. The molecule has 2 amide bonds. The smallest absolute Gasteiger partial charge is 0.320 e. The number of carboxylic acids is 1. The Morgan fingerprint density at radius 1 is 1.00 bits per heavy atom. The van der Waals surface area contributed by atoms with E-state index in [2.05, 4.69) is 0 Å². The topological polar surface area (TPSA) is 84.3 Å². The highest BCUT2D eigenvalue weighted by molar-refractivity contribution is 5.74. The predicted octanol–water partition coefficient (Wildman–Crippen LogP) is -0.345. The van der Waals surface area contributed by atoms with E-state index in [0.29, 0.717) is 39.3 Å². The van der Waals surface area contributed by atoms with Gasteiger partial charge in [0.2, 0.25) is 0 Å². The molecule has 2 saturated heterocycles. The molecule has 114 valence electrons. The second kappa shape index (κ2) is 6.90. The molecule has 0 aromatic heterocycles. The summed E-state index contributed by atoms with van der Waals surface area (Å²) < 4.78 is 0. The lowest BCUT2D eigenvalue weighted by Crippen LogP contribution is -2.49. The van der Waals surface area contributed by atoms with Crippen molar-refractivity contribution in [2.24, 2.45) is 0 Å². The molecule has 0 aromatic rings. The fourth-order valence-electron chi connectivity index (χ4n) is 2.84. The lowest BCUT2D eigenvalue weighted by molar-refractivity contribution is -0.138. The molecule has 2 aliphatic rings. The molecule has 7 heteroatoms. The molecule has 0 bridgehead atoms. The zero-order valence-electron chi connectivity index (χ0n) is 11.7. The molecule has 0 radical (unpaired) electrons. The van der Waals surface area contributed by atoms with Gasteiger partial charge in [-0.2, -0.15) is 0 Å². The molecule has 2 heterocycles. The molecule has 0 aromatic carbocycles. The van der Waals surface area contributed by atoms with Crippen molar-refractivity contribution in [2.45, 2.75) is 25.4 Å². The number of amides is 2. The van der Waals surface area contributed by atoms with Gasteiger partial charge < -0.3 is 20.0 Å². The molecule has 20 heavy (non-hydrogen) atoms. The van der Waals surface area contributed by atoms with Crippen molar-refractivity contribution < 1.29 is 19.8 Å². The normalized spacial score (nSPS) is 25.4. The highest BCUT2D eigenvalue weighted by Gasteiger charge is 2.27. The van der Waals surface area contributed by atoms with Crippen LogP contribution < -0.4 is 0 Å². The molecule has 2 N–H and O–H groups in total. The summed E-state index contributed by atoms with van der Waals surface area (Å²) in [5.74, 6) is -0.830. The number of piperidine rings is 1. The van der Waals surface area contributed by atoms with Gasteiger partial charge in [-0.25, -0.2) is 4.79 Å². The second-order valence-corrected chi connectivity index (χ2v) is 5.54.